The summed E-state index contributed by atoms with van der Waals surface area (Å²) in [6, 6.07) is 1.63. The van der Waals surface area contributed by atoms with Gasteiger partial charge in [0.15, 0.2) is 0 Å². The van der Waals surface area contributed by atoms with Crippen LogP contribution in [0.25, 0.3) is 5.57 Å². The summed E-state index contributed by atoms with van der Waals surface area (Å²) in [7, 11) is 1.27. The number of allylic oxidation sites excluding steroid dienone is 4. The zero-order valence-electron chi connectivity index (χ0n) is 14.9. The van der Waals surface area contributed by atoms with E-state index in [0.717, 1.165) is 10.5 Å². The predicted octanol–water partition coefficient (Wildman–Crippen LogP) is 4.81. The second-order valence-electron chi connectivity index (χ2n) is 6.76. The molecule has 0 radical (unpaired) electrons. The number of nitrogens with one attached hydrogen (secondary N) is 1. The maximum atomic E-state index is 13.6. The highest BCUT2D eigenvalue weighted by molar-refractivity contribution is 7.17. The predicted molar refractivity (Wildman–Crippen MR) is 96.7 cm³/mol. The quantitative estimate of drug-likeness (QED) is 0.779. The zero-order chi connectivity index (χ0) is 18.8. The van der Waals surface area contributed by atoms with Gasteiger partial charge in [0.2, 0.25) is 0 Å². The first-order chi connectivity index (χ1) is 11.6. The van der Waals surface area contributed by atoms with Gasteiger partial charge in [0, 0.05) is 10.8 Å². The van der Waals surface area contributed by atoms with E-state index in [1.165, 1.54) is 24.5 Å². The second kappa shape index (κ2) is 7.39. The summed E-state index contributed by atoms with van der Waals surface area (Å²) in [5.41, 5.74) is 0.377. The maximum absolute atomic E-state index is 13.6. The summed E-state index contributed by atoms with van der Waals surface area (Å²) < 4.78 is 23.6. The molecule has 0 aliphatic heterocycles. The van der Waals surface area contributed by atoms with Crippen molar-refractivity contribution in [2.75, 3.05) is 12.4 Å². The monoisotopic (exact) mass is 367 g/mol. The number of methoxy groups -OCH3 is 1. The Morgan fingerprint density at radius 1 is 1.32 bits per heavy atom. The zero-order valence-corrected chi connectivity index (χ0v) is 15.7. The van der Waals surface area contributed by atoms with E-state index in [0.29, 0.717) is 5.00 Å². The van der Waals surface area contributed by atoms with Gasteiger partial charge in [0.05, 0.1) is 12.7 Å². The maximum Gasteiger partial charge on any atom is 0.412 e. The summed E-state index contributed by atoms with van der Waals surface area (Å²) >= 11 is 1.21. The minimum Gasteiger partial charge on any atom is -0.465 e. The van der Waals surface area contributed by atoms with E-state index in [2.05, 4.69) is 5.32 Å². The first kappa shape index (κ1) is 19.2. The first-order valence-electron chi connectivity index (χ1n) is 7.87. The van der Waals surface area contributed by atoms with Crippen LogP contribution in [0.5, 0.6) is 0 Å². The Hall–Kier alpha value is -2.15. The molecule has 7 heteroatoms. The van der Waals surface area contributed by atoms with E-state index in [-0.39, 0.29) is 11.5 Å². The molecule has 0 spiro atoms. The lowest BCUT2D eigenvalue weighted by Gasteiger charge is -2.19. The molecule has 25 heavy (non-hydrogen) atoms. The smallest absolute Gasteiger partial charge is 0.412 e. The standard InChI is InChI=1S/C18H22FNO4S/c1-10-8-11(6-7-13(10)19)14-9-12(16(21)23-5)15(25-14)20-17(22)24-18(2,3)4/h6-10,13H,1-5H3,(H,20,22). The minimum absolute atomic E-state index is 0.234. The fourth-order valence-corrected chi connectivity index (χ4v) is 3.29. The molecule has 0 bridgehead atoms. The summed E-state index contributed by atoms with van der Waals surface area (Å²) in [5, 5.41) is 2.93. The second-order valence-corrected chi connectivity index (χ2v) is 7.81. The lowest BCUT2D eigenvalue weighted by atomic mass is 9.95. The van der Waals surface area contributed by atoms with Crippen molar-refractivity contribution in [2.24, 2.45) is 5.92 Å². The Bertz CT molecular complexity index is 730. The van der Waals surface area contributed by atoms with Crippen LogP contribution in [0.2, 0.25) is 0 Å². The van der Waals surface area contributed by atoms with Crippen LogP contribution in [-0.2, 0) is 9.47 Å². The molecule has 5 nitrogen and oxygen atoms in total. The van der Waals surface area contributed by atoms with E-state index in [1.807, 2.05) is 0 Å². The van der Waals surface area contributed by atoms with Crippen LogP contribution in [0.15, 0.2) is 24.3 Å². The number of hydrogen-bond acceptors (Lipinski definition) is 5. The van der Waals surface area contributed by atoms with Crippen molar-refractivity contribution >= 4 is 34.0 Å². The molecule has 0 saturated heterocycles. The summed E-state index contributed by atoms with van der Waals surface area (Å²) in [5.74, 6) is -0.823. The Balaban J connectivity index is 2.32. The molecule has 1 aromatic rings. The van der Waals surface area contributed by atoms with Crippen LogP contribution in [0, 0.1) is 5.92 Å². The number of carbonyl (C=O) groups excluding carboxylic acids is 2. The number of carbonyl (C=O) groups is 2. The third kappa shape index (κ3) is 4.92. The fraction of sp³-hybridized carbons (Fsp3) is 0.444. The topological polar surface area (TPSA) is 64.6 Å². The lowest BCUT2D eigenvalue weighted by molar-refractivity contribution is 0.0602. The number of halogens is 1. The SMILES string of the molecule is COC(=O)c1cc(C2=CC(C)C(F)C=C2)sc1NC(=O)OC(C)(C)C. The van der Waals surface area contributed by atoms with Crippen LogP contribution >= 0.6 is 11.3 Å². The van der Waals surface area contributed by atoms with E-state index in [1.54, 1.807) is 45.9 Å². The Morgan fingerprint density at radius 3 is 2.56 bits per heavy atom. The van der Waals surface area contributed by atoms with Gasteiger partial charge in [-0.05, 0) is 38.5 Å². The number of thiophene rings is 1. The van der Waals surface area contributed by atoms with Crippen LogP contribution in [0.4, 0.5) is 14.2 Å². The third-order valence-corrected chi connectivity index (χ3v) is 4.54. The molecule has 1 amide bonds. The van der Waals surface area contributed by atoms with Crippen LogP contribution in [0.3, 0.4) is 0 Å². The van der Waals surface area contributed by atoms with Gasteiger partial charge in [-0.1, -0.05) is 19.1 Å². The lowest BCUT2D eigenvalue weighted by Crippen LogP contribution is -2.27. The molecule has 2 atom stereocenters. The van der Waals surface area contributed by atoms with Crippen molar-refractivity contribution in [3.8, 4) is 0 Å². The molecular weight excluding hydrogens is 345 g/mol. The summed E-state index contributed by atoms with van der Waals surface area (Å²) in [6.45, 7) is 7.03. The average molecular weight is 367 g/mol. The van der Waals surface area contributed by atoms with E-state index >= 15 is 0 Å². The average Bonchev–Trinajstić information content (AvgIpc) is 2.91. The molecule has 2 unspecified atom stereocenters. The van der Waals surface area contributed by atoms with Gasteiger partial charge >= 0.3 is 12.1 Å². The molecule has 1 N–H and O–H groups in total. The van der Waals surface area contributed by atoms with Gasteiger partial charge in [-0.25, -0.2) is 14.0 Å². The van der Waals surface area contributed by atoms with E-state index in [9.17, 15) is 14.0 Å². The number of esters is 1. The molecule has 2 rings (SSSR count). The van der Waals surface area contributed by atoms with Gasteiger partial charge in [0.25, 0.3) is 0 Å². The Morgan fingerprint density at radius 2 is 2.00 bits per heavy atom. The fourth-order valence-electron chi connectivity index (χ4n) is 2.25. The molecular formula is C18H22FNO4S. The largest absolute Gasteiger partial charge is 0.465 e. The van der Waals surface area contributed by atoms with Gasteiger partial charge in [-0.15, -0.1) is 11.3 Å². The molecule has 1 aromatic heterocycles. The molecule has 136 valence electrons. The van der Waals surface area contributed by atoms with Crippen LogP contribution < -0.4 is 5.32 Å². The van der Waals surface area contributed by atoms with Crippen molar-refractivity contribution in [2.45, 2.75) is 39.5 Å². The molecule has 0 saturated carbocycles. The minimum atomic E-state index is -1.02. The van der Waals surface area contributed by atoms with Gasteiger partial charge in [-0.2, -0.15) is 0 Å². The number of rotatable bonds is 3. The highest BCUT2D eigenvalue weighted by Crippen LogP contribution is 2.36. The molecule has 1 aliphatic rings. The Kier molecular flexibility index (Phi) is 5.67. The van der Waals surface area contributed by atoms with Crippen molar-refractivity contribution < 1.29 is 23.5 Å². The molecule has 1 heterocycles. The summed E-state index contributed by atoms with van der Waals surface area (Å²) in [4.78, 5) is 24.8. The van der Waals surface area contributed by atoms with Gasteiger partial charge < -0.3 is 9.47 Å². The van der Waals surface area contributed by atoms with Crippen LogP contribution in [-0.4, -0.2) is 30.9 Å². The van der Waals surface area contributed by atoms with Crippen molar-refractivity contribution in [3.63, 3.8) is 0 Å². The van der Waals surface area contributed by atoms with Gasteiger partial charge in [0.1, 0.15) is 16.8 Å². The van der Waals surface area contributed by atoms with Crippen molar-refractivity contribution in [1.82, 2.24) is 0 Å². The van der Waals surface area contributed by atoms with Crippen molar-refractivity contribution in [3.05, 3.63) is 34.7 Å². The van der Waals surface area contributed by atoms with Gasteiger partial charge in [-0.3, -0.25) is 5.32 Å². The molecule has 0 aromatic carbocycles. The highest BCUT2D eigenvalue weighted by atomic mass is 32.1. The number of hydrogen-bond donors (Lipinski definition) is 1. The van der Waals surface area contributed by atoms with E-state index < -0.39 is 23.8 Å². The van der Waals surface area contributed by atoms with Crippen LogP contribution in [0.1, 0.15) is 42.9 Å². The van der Waals surface area contributed by atoms with Crippen molar-refractivity contribution in [1.29, 1.82) is 0 Å². The first-order valence-corrected chi connectivity index (χ1v) is 8.69. The normalized spacial score (nSPS) is 20.0. The highest BCUT2D eigenvalue weighted by Gasteiger charge is 2.24. The number of amides is 1. The number of alkyl halides is 1. The Labute approximate surface area is 150 Å². The molecule has 0 fully saturated rings. The number of anilines is 1. The van der Waals surface area contributed by atoms with E-state index in [4.69, 9.17) is 9.47 Å². The summed E-state index contributed by atoms with van der Waals surface area (Å²) in [6.07, 6.45) is 3.28. The third-order valence-electron chi connectivity index (χ3n) is 3.44. The molecule has 1 aliphatic carbocycles. The number of ether oxygens (including phenoxy) is 2.